The quantitative estimate of drug-likeness (QED) is 0.722. The van der Waals surface area contributed by atoms with Gasteiger partial charge in [0.2, 0.25) is 0 Å². The van der Waals surface area contributed by atoms with E-state index in [1.807, 2.05) is 0 Å². The van der Waals surface area contributed by atoms with Crippen molar-refractivity contribution in [1.82, 2.24) is 9.80 Å². The number of amides is 3. The number of halogens is 1. The van der Waals surface area contributed by atoms with E-state index in [9.17, 15) is 24.2 Å². The van der Waals surface area contributed by atoms with E-state index < -0.39 is 30.0 Å². The number of nitrogens with one attached hydrogen (secondary N) is 1. The van der Waals surface area contributed by atoms with Crippen LogP contribution in [-0.2, 0) is 0 Å². The second-order valence-electron chi connectivity index (χ2n) is 5.36. The lowest BCUT2D eigenvalue weighted by Gasteiger charge is -2.17. The molecule has 0 saturated carbocycles. The van der Waals surface area contributed by atoms with E-state index in [1.54, 1.807) is 0 Å². The molecule has 1 aliphatic heterocycles. The molecule has 120 valence electrons. The summed E-state index contributed by atoms with van der Waals surface area (Å²) in [6, 6.07) is 3.15. The van der Waals surface area contributed by atoms with Crippen LogP contribution in [0.5, 0.6) is 0 Å². The maximum Gasteiger partial charge on any atom is 0.322 e. The average Bonchev–Trinajstić information content (AvgIpc) is 2.80. The van der Waals surface area contributed by atoms with Crippen molar-refractivity contribution in [2.45, 2.75) is 12.2 Å². The average molecular weight is 311 g/mol. The monoisotopic (exact) mass is 311 g/mol. The fraction of sp³-hybridized carbons (Fsp3) is 0.429. The Bertz CT molecular complexity index is 583. The molecule has 1 heterocycles. The van der Waals surface area contributed by atoms with Gasteiger partial charge in [0.15, 0.2) is 0 Å². The summed E-state index contributed by atoms with van der Waals surface area (Å²) >= 11 is 0. The van der Waals surface area contributed by atoms with E-state index in [-0.39, 0.29) is 24.3 Å². The summed E-state index contributed by atoms with van der Waals surface area (Å²) in [5.41, 5.74) is 0.108. The Morgan fingerprint density at radius 1 is 1.27 bits per heavy atom. The molecule has 1 fully saturated rings. The van der Waals surface area contributed by atoms with Crippen LogP contribution in [0.2, 0.25) is 0 Å². The van der Waals surface area contributed by atoms with Crippen LogP contribution < -0.4 is 5.32 Å². The van der Waals surface area contributed by atoms with Crippen LogP contribution >= 0.6 is 0 Å². The molecule has 0 aromatic heterocycles. The first-order valence-corrected chi connectivity index (χ1v) is 6.73. The molecule has 1 saturated heterocycles. The topological polar surface area (TPSA) is 93.1 Å². The van der Waals surface area contributed by atoms with Crippen LogP contribution in [-0.4, -0.2) is 71.3 Å². The number of rotatable bonds is 2. The SMILES string of the molecule is CN(C)C(=O)c1cc(NC(=O)N2CC(O)C(O)C2)ccc1F. The number of hydrogen-bond acceptors (Lipinski definition) is 4. The molecular weight excluding hydrogens is 293 g/mol. The van der Waals surface area contributed by atoms with Crippen LogP contribution in [0.3, 0.4) is 0 Å². The zero-order valence-corrected chi connectivity index (χ0v) is 12.3. The molecule has 2 atom stereocenters. The van der Waals surface area contributed by atoms with E-state index in [4.69, 9.17) is 0 Å². The van der Waals surface area contributed by atoms with Gasteiger partial charge < -0.3 is 25.3 Å². The summed E-state index contributed by atoms with van der Waals surface area (Å²) in [6.07, 6.45) is -1.96. The smallest absolute Gasteiger partial charge is 0.322 e. The number of aliphatic hydroxyl groups excluding tert-OH is 2. The molecule has 0 aliphatic carbocycles. The zero-order chi connectivity index (χ0) is 16.4. The molecule has 1 aromatic rings. The van der Waals surface area contributed by atoms with Crippen molar-refractivity contribution in [3.63, 3.8) is 0 Å². The summed E-state index contributed by atoms with van der Waals surface area (Å²) in [4.78, 5) is 26.3. The number of likely N-dealkylation sites (tertiary alicyclic amines) is 1. The Labute approximate surface area is 126 Å². The predicted octanol–water partition coefficient (Wildman–Crippen LogP) is 0.0968. The second-order valence-corrected chi connectivity index (χ2v) is 5.36. The molecule has 2 unspecified atom stereocenters. The molecule has 1 aromatic carbocycles. The van der Waals surface area contributed by atoms with E-state index >= 15 is 0 Å². The maximum absolute atomic E-state index is 13.7. The third-order valence-electron chi connectivity index (χ3n) is 3.40. The number of anilines is 1. The van der Waals surface area contributed by atoms with Gasteiger partial charge in [0.25, 0.3) is 5.91 Å². The van der Waals surface area contributed by atoms with Crippen LogP contribution in [0.1, 0.15) is 10.4 Å². The van der Waals surface area contributed by atoms with Crippen molar-refractivity contribution in [2.75, 3.05) is 32.5 Å². The number of carbonyl (C=O) groups excluding carboxylic acids is 2. The minimum absolute atomic E-state index is 0.0116. The highest BCUT2D eigenvalue weighted by Crippen LogP contribution is 2.18. The van der Waals surface area contributed by atoms with Gasteiger partial charge in [-0.15, -0.1) is 0 Å². The highest BCUT2D eigenvalue weighted by molar-refractivity contribution is 5.97. The molecule has 22 heavy (non-hydrogen) atoms. The molecule has 3 amide bonds. The van der Waals surface area contributed by atoms with E-state index in [1.165, 1.54) is 36.0 Å². The summed E-state index contributed by atoms with van der Waals surface area (Å²) in [5.74, 6) is -1.19. The Hall–Kier alpha value is -2.19. The molecular formula is C14H18FN3O4. The lowest BCUT2D eigenvalue weighted by Crippen LogP contribution is -2.34. The van der Waals surface area contributed by atoms with E-state index in [0.717, 1.165) is 6.07 Å². The number of β-amino-alcohol motifs (C(OH)–C–C–N with tert-alkyl or cyclic N) is 2. The summed E-state index contributed by atoms with van der Waals surface area (Å²) in [6.45, 7) is 0.0232. The highest BCUT2D eigenvalue weighted by atomic mass is 19.1. The predicted molar refractivity (Wildman–Crippen MR) is 77.0 cm³/mol. The number of nitrogens with zero attached hydrogens (tertiary/aromatic N) is 2. The fourth-order valence-corrected chi connectivity index (χ4v) is 2.15. The normalized spacial score (nSPS) is 20.9. The van der Waals surface area contributed by atoms with Crippen molar-refractivity contribution in [1.29, 1.82) is 0 Å². The van der Waals surface area contributed by atoms with E-state index in [0.29, 0.717) is 0 Å². The van der Waals surface area contributed by atoms with Crippen molar-refractivity contribution in [3.8, 4) is 0 Å². The van der Waals surface area contributed by atoms with Gasteiger partial charge in [0.1, 0.15) is 5.82 Å². The maximum atomic E-state index is 13.7. The minimum Gasteiger partial charge on any atom is -0.388 e. The number of hydrogen-bond donors (Lipinski definition) is 3. The Morgan fingerprint density at radius 3 is 2.41 bits per heavy atom. The van der Waals surface area contributed by atoms with Gasteiger partial charge in [0, 0.05) is 19.8 Å². The summed E-state index contributed by atoms with van der Waals surface area (Å²) in [5, 5.41) is 21.4. The van der Waals surface area contributed by atoms with Gasteiger partial charge in [-0.2, -0.15) is 0 Å². The first kappa shape index (κ1) is 16.2. The molecule has 0 spiro atoms. The number of carbonyl (C=O) groups is 2. The van der Waals surface area contributed by atoms with Crippen LogP contribution in [0.4, 0.5) is 14.9 Å². The lowest BCUT2D eigenvalue weighted by molar-refractivity contribution is 0.0572. The van der Waals surface area contributed by atoms with Crippen LogP contribution in [0.15, 0.2) is 18.2 Å². The largest absolute Gasteiger partial charge is 0.388 e. The van der Waals surface area contributed by atoms with Crippen LogP contribution in [0.25, 0.3) is 0 Å². The molecule has 3 N–H and O–H groups in total. The standard InChI is InChI=1S/C14H18FN3O4/c1-17(2)13(21)9-5-8(3-4-10(9)15)16-14(22)18-6-11(19)12(20)7-18/h3-5,11-12,19-20H,6-7H2,1-2H3,(H,16,22). The molecule has 0 bridgehead atoms. The third kappa shape index (κ3) is 3.34. The fourth-order valence-electron chi connectivity index (χ4n) is 2.15. The second kappa shape index (κ2) is 6.29. The van der Waals surface area contributed by atoms with E-state index in [2.05, 4.69) is 5.32 Å². The van der Waals surface area contributed by atoms with Crippen molar-refractivity contribution >= 4 is 17.6 Å². The van der Waals surface area contributed by atoms with Gasteiger partial charge in [-0.3, -0.25) is 4.79 Å². The van der Waals surface area contributed by atoms with Gasteiger partial charge in [-0.05, 0) is 18.2 Å². The Morgan fingerprint density at radius 2 is 1.86 bits per heavy atom. The first-order chi connectivity index (χ1) is 10.3. The van der Waals surface area contributed by atoms with Crippen molar-refractivity contribution in [2.24, 2.45) is 0 Å². The summed E-state index contributed by atoms with van der Waals surface area (Å²) in [7, 11) is 3.00. The molecule has 1 aliphatic rings. The number of benzene rings is 1. The summed E-state index contributed by atoms with van der Waals surface area (Å²) < 4.78 is 13.7. The van der Waals surface area contributed by atoms with Crippen molar-refractivity contribution in [3.05, 3.63) is 29.6 Å². The highest BCUT2D eigenvalue weighted by Gasteiger charge is 2.32. The molecule has 7 nitrogen and oxygen atoms in total. The molecule has 8 heteroatoms. The molecule has 0 radical (unpaired) electrons. The van der Waals surface area contributed by atoms with Crippen LogP contribution in [0, 0.1) is 5.82 Å². The van der Waals surface area contributed by atoms with Gasteiger partial charge in [-0.25, -0.2) is 9.18 Å². The van der Waals surface area contributed by atoms with Gasteiger partial charge >= 0.3 is 6.03 Å². The van der Waals surface area contributed by atoms with Crippen molar-refractivity contribution < 1.29 is 24.2 Å². The minimum atomic E-state index is -0.982. The van der Waals surface area contributed by atoms with Gasteiger partial charge in [-0.1, -0.05) is 0 Å². The number of urea groups is 1. The zero-order valence-electron chi connectivity index (χ0n) is 12.3. The first-order valence-electron chi connectivity index (χ1n) is 6.73. The molecule has 2 rings (SSSR count). The third-order valence-corrected chi connectivity index (χ3v) is 3.40. The Kier molecular flexibility index (Phi) is 4.62. The number of aliphatic hydroxyl groups is 2. The lowest BCUT2D eigenvalue weighted by atomic mass is 10.1. The van der Waals surface area contributed by atoms with Gasteiger partial charge in [0.05, 0.1) is 30.9 Å². The Balaban J connectivity index is 2.12.